The number of unbranched alkanes of at least 4 members (excludes halogenated alkanes) is 3. The van der Waals surface area contributed by atoms with Crippen LogP contribution in [0.3, 0.4) is 0 Å². The van der Waals surface area contributed by atoms with E-state index in [-0.39, 0.29) is 0 Å². The van der Waals surface area contributed by atoms with Crippen molar-refractivity contribution in [3.8, 4) is 11.5 Å². The Kier molecular flexibility index (Phi) is 6.18. The maximum absolute atomic E-state index is 6.22. The Labute approximate surface area is 172 Å². The number of halogens is 1. The van der Waals surface area contributed by atoms with E-state index in [1.807, 2.05) is 36.4 Å². The largest absolute Gasteiger partial charge is 0.454 e. The fourth-order valence-electron chi connectivity index (χ4n) is 3.88. The van der Waals surface area contributed by atoms with Gasteiger partial charge in [-0.05, 0) is 43.3 Å². The third kappa shape index (κ3) is 4.34. The predicted octanol–water partition coefficient (Wildman–Crippen LogP) is 5.72. The predicted molar refractivity (Wildman–Crippen MR) is 116 cm³/mol. The molecule has 0 spiro atoms. The molecule has 0 N–H and O–H groups in total. The lowest BCUT2D eigenvalue weighted by molar-refractivity contribution is 0.179. The van der Waals surface area contributed by atoms with E-state index in [1.54, 1.807) is 0 Å². The molecule has 2 aliphatic rings. The highest BCUT2D eigenvalue weighted by Crippen LogP contribution is 2.39. The number of rotatable bonds is 5. The summed E-state index contributed by atoms with van der Waals surface area (Å²) >= 11 is 6.22. The van der Waals surface area contributed by atoms with Gasteiger partial charge in [0.1, 0.15) is 17.3 Å². The van der Waals surface area contributed by atoms with Gasteiger partial charge in [0.25, 0.3) is 0 Å². The van der Waals surface area contributed by atoms with E-state index in [0.717, 1.165) is 54.8 Å². The molecular formula is C23H28ClN3O. The number of hydrogen-bond acceptors (Lipinski definition) is 4. The molecule has 0 saturated carbocycles. The Hall–Kier alpha value is -2.04. The lowest BCUT2D eigenvalue weighted by atomic mass is 10.1. The first kappa shape index (κ1) is 19.3. The van der Waals surface area contributed by atoms with Crippen LogP contribution in [0.5, 0.6) is 11.5 Å². The fraction of sp³-hybridized carbons (Fsp3) is 0.435. The quantitative estimate of drug-likeness (QED) is 0.604. The van der Waals surface area contributed by atoms with Crippen LogP contribution in [0.15, 0.2) is 47.5 Å². The Morgan fingerprint density at radius 2 is 1.79 bits per heavy atom. The van der Waals surface area contributed by atoms with Gasteiger partial charge in [-0.25, -0.2) is 4.99 Å². The summed E-state index contributed by atoms with van der Waals surface area (Å²) < 4.78 is 6.17. The van der Waals surface area contributed by atoms with E-state index in [9.17, 15) is 0 Å². The maximum Gasteiger partial charge on any atom is 0.153 e. The van der Waals surface area contributed by atoms with Gasteiger partial charge in [-0.3, -0.25) is 4.90 Å². The molecular weight excluding hydrogens is 370 g/mol. The molecule has 0 bridgehead atoms. The summed E-state index contributed by atoms with van der Waals surface area (Å²) in [5, 5.41) is 0.674. The third-order valence-corrected chi connectivity index (χ3v) is 5.73. The van der Waals surface area contributed by atoms with Crippen LogP contribution >= 0.6 is 11.6 Å². The molecule has 0 aliphatic carbocycles. The molecule has 28 heavy (non-hydrogen) atoms. The van der Waals surface area contributed by atoms with Crippen LogP contribution in [0.4, 0.5) is 5.69 Å². The van der Waals surface area contributed by atoms with Crippen molar-refractivity contribution >= 4 is 23.1 Å². The second kappa shape index (κ2) is 8.97. The number of fused-ring (bicyclic) bond motifs is 2. The number of para-hydroxylation sites is 1. The molecule has 0 atom stereocenters. The maximum atomic E-state index is 6.22. The minimum absolute atomic E-state index is 0.674. The average molecular weight is 398 g/mol. The van der Waals surface area contributed by atoms with Crippen LogP contribution in [0, 0.1) is 0 Å². The van der Waals surface area contributed by atoms with Gasteiger partial charge in [0, 0.05) is 31.2 Å². The van der Waals surface area contributed by atoms with E-state index < -0.39 is 0 Å². The van der Waals surface area contributed by atoms with E-state index in [1.165, 1.54) is 32.2 Å². The van der Waals surface area contributed by atoms with Crippen molar-refractivity contribution in [2.45, 2.75) is 32.6 Å². The van der Waals surface area contributed by atoms with Crippen molar-refractivity contribution in [1.29, 1.82) is 0 Å². The van der Waals surface area contributed by atoms with Crippen molar-refractivity contribution in [3.63, 3.8) is 0 Å². The van der Waals surface area contributed by atoms with Gasteiger partial charge in [0.05, 0.1) is 5.56 Å². The van der Waals surface area contributed by atoms with Crippen molar-refractivity contribution < 1.29 is 4.74 Å². The smallest absolute Gasteiger partial charge is 0.153 e. The van der Waals surface area contributed by atoms with E-state index in [4.69, 9.17) is 21.3 Å². The van der Waals surface area contributed by atoms with Crippen LogP contribution in [0.25, 0.3) is 0 Å². The number of benzene rings is 2. The number of hydrogen-bond donors (Lipinski definition) is 0. The molecule has 2 aromatic rings. The van der Waals surface area contributed by atoms with Crippen LogP contribution in [-0.2, 0) is 0 Å². The van der Waals surface area contributed by atoms with Crippen molar-refractivity contribution in [3.05, 3.63) is 53.1 Å². The molecule has 2 aromatic carbocycles. The summed E-state index contributed by atoms with van der Waals surface area (Å²) in [5.74, 6) is 2.59. The zero-order valence-corrected chi connectivity index (χ0v) is 17.3. The first-order valence-electron chi connectivity index (χ1n) is 10.4. The van der Waals surface area contributed by atoms with Gasteiger partial charge in [0.2, 0.25) is 0 Å². The molecule has 2 heterocycles. The van der Waals surface area contributed by atoms with Crippen LogP contribution in [0.1, 0.15) is 38.2 Å². The lowest BCUT2D eigenvalue weighted by Gasteiger charge is -2.36. The van der Waals surface area contributed by atoms with Gasteiger partial charge < -0.3 is 9.64 Å². The summed E-state index contributed by atoms with van der Waals surface area (Å²) in [6.45, 7) is 7.60. The van der Waals surface area contributed by atoms with Crippen LogP contribution < -0.4 is 4.74 Å². The lowest BCUT2D eigenvalue weighted by Crippen LogP contribution is -2.49. The molecule has 0 unspecified atom stereocenters. The molecule has 1 saturated heterocycles. The Morgan fingerprint density at radius 1 is 0.964 bits per heavy atom. The second-order valence-corrected chi connectivity index (χ2v) is 7.97. The highest BCUT2D eigenvalue weighted by atomic mass is 35.5. The number of ether oxygens (including phenoxy) is 1. The van der Waals surface area contributed by atoms with Gasteiger partial charge in [-0.1, -0.05) is 49.9 Å². The van der Waals surface area contributed by atoms with Crippen molar-refractivity contribution in [1.82, 2.24) is 9.80 Å². The van der Waals surface area contributed by atoms with Gasteiger partial charge in [0.15, 0.2) is 5.75 Å². The highest BCUT2D eigenvalue weighted by Gasteiger charge is 2.25. The monoisotopic (exact) mass is 397 g/mol. The first-order valence-corrected chi connectivity index (χ1v) is 10.7. The zero-order chi connectivity index (χ0) is 19.3. The summed E-state index contributed by atoms with van der Waals surface area (Å²) in [7, 11) is 0. The van der Waals surface area contributed by atoms with Gasteiger partial charge in [-0.15, -0.1) is 0 Å². The molecule has 0 radical (unpaired) electrons. The first-order chi connectivity index (χ1) is 13.7. The number of piperazine rings is 1. The van der Waals surface area contributed by atoms with E-state index in [0.29, 0.717) is 5.02 Å². The zero-order valence-electron chi connectivity index (χ0n) is 16.5. The second-order valence-electron chi connectivity index (χ2n) is 7.54. The van der Waals surface area contributed by atoms with Crippen molar-refractivity contribution in [2.75, 3.05) is 32.7 Å². The van der Waals surface area contributed by atoms with E-state index >= 15 is 0 Å². The summed E-state index contributed by atoms with van der Waals surface area (Å²) in [6, 6.07) is 13.8. The molecule has 0 aromatic heterocycles. The van der Waals surface area contributed by atoms with Crippen LogP contribution in [-0.4, -0.2) is 48.4 Å². The summed E-state index contributed by atoms with van der Waals surface area (Å²) in [4.78, 5) is 9.96. The number of amidine groups is 1. The van der Waals surface area contributed by atoms with Gasteiger partial charge >= 0.3 is 0 Å². The highest BCUT2D eigenvalue weighted by molar-refractivity contribution is 6.31. The number of nitrogens with zero attached hydrogens (tertiary/aromatic N) is 3. The molecule has 148 valence electrons. The average Bonchev–Trinajstić information content (AvgIpc) is 2.88. The van der Waals surface area contributed by atoms with Crippen LogP contribution in [0.2, 0.25) is 5.02 Å². The van der Waals surface area contributed by atoms with E-state index in [2.05, 4.69) is 22.8 Å². The Morgan fingerprint density at radius 3 is 2.61 bits per heavy atom. The topological polar surface area (TPSA) is 28.1 Å². The third-order valence-electron chi connectivity index (χ3n) is 5.49. The standard InChI is InChI=1S/C23H28ClN3O/c1-2-3-4-7-12-26-13-15-27(16-14-26)23-19-8-5-6-9-21(19)28-22-11-10-18(24)17-20(22)25-23/h5-6,8-11,17H,2-4,7,12-16H2,1H3. The van der Waals surface area contributed by atoms with Gasteiger partial charge in [-0.2, -0.15) is 0 Å². The molecule has 0 amide bonds. The molecule has 5 heteroatoms. The Balaban J connectivity index is 1.53. The minimum Gasteiger partial charge on any atom is -0.454 e. The minimum atomic E-state index is 0.674. The summed E-state index contributed by atoms with van der Waals surface area (Å²) in [5.41, 5.74) is 1.84. The van der Waals surface area contributed by atoms with Crippen molar-refractivity contribution in [2.24, 2.45) is 4.99 Å². The normalized spacial score (nSPS) is 16.6. The Bertz CT molecular complexity index is 843. The molecule has 1 fully saturated rings. The number of aliphatic imine (C=N–C) groups is 1. The summed E-state index contributed by atoms with van der Waals surface area (Å²) in [6.07, 6.45) is 5.28. The molecule has 4 rings (SSSR count). The SMILES string of the molecule is CCCCCCN1CCN(C2=Nc3cc(Cl)ccc3Oc3ccccc32)CC1. The molecule has 4 nitrogen and oxygen atoms in total. The fourth-order valence-corrected chi connectivity index (χ4v) is 4.05. The molecule has 2 aliphatic heterocycles.